The highest BCUT2D eigenvalue weighted by atomic mass is 35.5. The molecule has 1 N–H and O–H groups in total. The Balaban J connectivity index is 1.82. The van der Waals surface area contributed by atoms with Crippen molar-refractivity contribution in [1.82, 2.24) is 5.43 Å². The lowest BCUT2D eigenvalue weighted by Crippen LogP contribution is -2.39. The average Bonchev–Trinajstić information content (AvgIpc) is 2.75. The molecule has 6 nitrogen and oxygen atoms in total. The van der Waals surface area contributed by atoms with Gasteiger partial charge in [-0.25, -0.2) is 13.8 Å². The first-order valence-corrected chi connectivity index (χ1v) is 11.4. The highest BCUT2D eigenvalue weighted by Gasteiger charge is 2.27. The Bertz CT molecular complexity index is 1200. The molecule has 0 bridgehead atoms. The Morgan fingerprint density at radius 2 is 1.71 bits per heavy atom. The van der Waals surface area contributed by atoms with Gasteiger partial charge in [0.1, 0.15) is 6.54 Å². The molecule has 31 heavy (non-hydrogen) atoms. The normalized spacial score (nSPS) is 11.5. The number of carbonyl (C=O) groups excluding carboxylic acids is 1. The van der Waals surface area contributed by atoms with Crippen LogP contribution in [-0.4, -0.2) is 27.1 Å². The van der Waals surface area contributed by atoms with Crippen molar-refractivity contribution in [1.29, 1.82) is 0 Å². The smallest absolute Gasteiger partial charge is 0.264 e. The molecule has 1 amide bonds. The van der Waals surface area contributed by atoms with Gasteiger partial charge in [0, 0.05) is 10.6 Å². The summed E-state index contributed by atoms with van der Waals surface area (Å²) in [5.41, 5.74) is 4.23. The molecule has 0 atom stereocenters. The van der Waals surface area contributed by atoms with E-state index in [1.54, 1.807) is 60.7 Å². The summed E-state index contributed by atoms with van der Waals surface area (Å²) in [4.78, 5) is 12.6. The van der Waals surface area contributed by atoms with Gasteiger partial charge in [0.25, 0.3) is 15.9 Å². The van der Waals surface area contributed by atoms with Crippen LogP contribution >= 0.6 is 23.2 Å². The van der Waals surface area contributed by atoms with E-state index in [0.717, 1.165) is 9.87 Å². The second kappa shape index (κ2) is 9.96. The van der Waals surface area contributed by atoms with E-state index in [2.05, 4.69) is 10.5 Å². The third-order valence-electron chi connectivity index (χ3n) is 4.30. The zero-order chi connectivity index (χ0) is 22.4. The predicted molar refractivity (Wildman–Crippen MR) is 124 cm³/mol. The van der Waals surface area contributed by atoms with Gasteiger partial charge in [-0.2, -0.15) is 5.10 Å². The van der Waals surface area contributed by atoms with E-state index in [-0.39, 0.29) is 4.90 Å². The van der Waals surface area contributed by atoms with E-state index in [9.17, 15) is 13.2 Å². The second-order valence-corrected chi connectivity index (χ2v) is 9.33. The minimum Gasteiger partial charge on any atom is -0.271 e. The van der Waals surface area contributed by atoms with E-state index < -0.39 is 22.5 Å². The Morgan fingerprint density at radius 3 is 2.35 bits per heavy atom. The van der Waals surface area contributed by atoms with E-state index in [0.29, 0.717) is 21.3 Å². The number of carbonyl (C=O) groups is 1. The maximum absolute atomic E-state index is 13.2. The maximum atomic E-state index is 13.2. The fourth-order valence-corrected chi connectivity index (χ4v) is 4.59. The van der Waals surface area contributed by atoms with Crippen LogP contribution in [0.15, 0.2) is 82.8 Å². The van der Waals surface area contributed by atoms with Gasteiger partial charge in [0.2, 0.25) is 0 Å². The van der Waals surface area contributed by atoms with Crippen molar-refractivity contribution in [2.75, 3.05) is 10.8 Å². The molecule has 0 heterocycles. The van der Waals surface area contributed by atoms with Crippen molar-refractivity contribution in [3.63, 3.8) is 0 Å². The molecule has 0 unspecified atom stereocenters. The number of nitrogens with one attached hydrogen (secondary N) is 1. The van der Waals surface area contributed by atoms with Crippen LogP contribution in [0.1, 0.15) is 11.1 Å². The Morgan fingerprint density at radius 1 is 1.03 bits per heavy atom. The molecule has 160 valence electrons. The molecule has 3 aromatic rings. The summed E-state index contributed by atoms with van der Waals surface area (Å²) in [6.07, 6.45) is 1.36. The van der Waals surface area contributed by atoms with Gasteiger partial charge in [-0.05, 0) is 43.3 Å². The summed E-state index contributed by atoms with van der Waals surface area (Å²) in [5, 5.41) is 4.73. The molecule has 0 spiro atoms. The van der Waals surface area contributed by atoms with Gasteiger partial charge in [-0.15, -0.1) is 0 Å². The van der Waals surface area contributed by atoms with E-state index in [1.165, 1.54) is 18.3 Å². The largest absolute Gasteiger partial charge is 0.271 e. The van der Waals surface area contributed by atoms with Crippen molar-refractivity contribution in [2.45, 2.75) is 11.8 Å². The maximum Gasteiger partial charge on any atom is 0.264 e. The van der Waals surface area contributed by atoms with Crippen molar-refractivity contribution < 1.29 is 13.2 Å². The topological polar surface area (TPSA) is 78.8 Å². The van der Waals surface area contributed by atoms with Crippen LogP contribution in [0.4, 0.5) is 5.69 Å². The summed E-state index contributed by atoms with van der Waals surface area (Å²) >= 11 is 11.9. The van der Waals surface area contributed by atoms with Crippen molar-refractivity contribution in [3.8, 4) is 0 Å². The highest BCUT2D eigenvalue weighted by molar-refractivity contribution is 7.92. The molecule has 0 saturated heterocycles. The fourth-order valence-electron chi connectivity index (χ4n) is 2.69. The third-order valence-corrected chi connectivity index (χ3v) is 6.65. The number of amides is 1. The molecule has 0 aliphatic heterocycles. The van der Waals surface area contributed by atoms with Crippen LogP contribution in [0.5, 0.6) is 0 Å². The van der Waals surface area contributed by atoms with Gasteiger partial charge in [0.05, 0.1) is 21.8 Å². The molecule has 0 aromatic heterocycles. The average molecular weight is 476 g/mol. The number of halogens is 2. The minimum atomic E-state index is -3.97. The molecule has 3 rings (SSSR count). The predicted octanol–water partition coefficient (Wildman–Crippen LogP) is 4.65. The molecule has 0 saturated carbocycles. The highest BCUT2D eigenvalue weighted by Crippen LogP contribution is 2.24. The first kappa shape index (κ1) is 22.8. The number of anilines is 1. The van der Waals surface area contributed by atoms with Crippen LogP contribution in [-0.2, 0) is 14.8 Å². The molecule has 3 aromatic carbocycles. The van der Waals surface area contributed by atoms with Gasteiger partial charge in [-0.3, -0.25) is 9.10 Å². The minimum absolute atomic E-state index is 0.0832. The third kappa shape index (κ3) is 5.85. The number of aryl methyl sites for hydroxylation is 1. The van der Waals surface area contributed by atoms with E-state index in [1.807, 2.05) is 6.92 Å². The van der Waals surface area contributed by atoms with Crippen LogP contribution in [0.2, 0.25) is 10.0 Å². The monoisotopic (exact) mass is 475 g/mol. The van der Waals surface area contributed by atoms with Gasteiger partial charge in [-0.1, -0.05) is 65.2 Å². The molecular formula is C22H19Cl2N3O3S. The Kier molecular flexibility index (Phi) is 7.33. The molecule has 0 fully saturated rings. The first-order chi connectivity index (χ1) is 14.8. The number of sulfonamides is 1. The fraction of sp³-hybridized carbons (Fsp3) is 0.0909. The lowest BCUT2D eigenvalue weighted by molar-refractivity contribution is -0.119. The number of benzene rings is 3. The van der Waals surface area contributed by atoms with Crippen LogP contribution < -0.4 is 9.73 Å². The summed E-state index contributed by atoms with van der Waals surface area (Å²) in [6.45, 7) is 1.44. The summed E-state index contributed by atoms with van der Waals surface area (Å²) < 4.78 is 27.4. The Hall–Kier alpha value is -2.87. The van der Waals surface area contributed by atoms with Gasteiger partial charge >= 0.3 is 0 Å². The van der Waals surface area contributed by atoms with Crippen LogP contribution in [0.25, 0.3) is 0 Å². The lowest BCUT2D eigenvalue weighted by Gasteiger charge is -2.23. The summed E-state index contributed by atoms with van der Waals surface area (Å²) in [5.74, 6) is -0.610. The number of hydrazone groups is 1. The number of rotatable bonds is 7. The molecule has 0 aliphatic rings. The quantitative estimate of drug-likeness (QED) is 0.399. The SMILES string of the molecule is Cc1ccc(N(CC(=O)N/N=C\c2ccc(Cl)cc2Cl)S(=O)(=O)c2ccccc2)cc1. The van der Waals surface area contributed by atoms with Crippen molar-refractivity contribution in [3.05, 3.63) is 94.0 Å². The zero-order valence-electron chi connectivity index (χ0n) is 16.5. The number of hydrogen-bond donors (Lipinski definition) is 1. The van der Waals surface area contributed by atoms with Crippen molar-refractivity contribution in [2.24, 2.45) is 5.10 Å². The second-order valence-electron chi connectivity index (χ2n) is 6.62. The van der Waals surface area contributed by atoms with Crippen molar-refractivity contribution >= 4 is 51.0 Å². The number of nitrogens with zero attached hydrogens (tertiary/aromatic N) is 2. The van der Waals surface area contributed by atoms with Crippen LogP contribution in [0.3, 0.4) is 0 Å². The van der Waals surface area contributed by atoms with E-state index in [4.69, 9.17) is 23.2 Å². The van der Waals surface area contributed by atoms with Crippen LogP contribution in [0, 0.1) is 6.92 Å². The Labute approximate surface area is 191 Å². The number of hydrogen-bond acceptors (Lipinski definition) is 4. The molecule has 0 radical (unpaired) electrons. The first-order valence-electron chi connectivity index (χ1n) is 9.19. The van der Waals surface area contributed by atoms with E-state index >= 15 is 0 Å². The lowest BCUT2D eigenvalue weighted by atomic mass is 10.2. The summed E-state index contributed by atoms with van der Waals surface area (Å²) in [7, 11) is -3.97. The van der Waals surface area contributed by atoms with Gasteiger partial charge in [0.15, 0.2) is 0 Å². The van der Waals surface area contributed by atoms with Gasteiger partial charge < -0.3 is 0 Å². The zero-order valence-corrected chi connectivity index (χ0v) is 18.8. The standard InChI is InChI=1S/C22H19Cl2N3O3S/c1-16-7-11-19(12-8-16)27(31(29,30)20-5-3-2-4-6-20)15-22(28)26-25-14-17-9-10-18(23)13-21(17)24/h2-14H,15H2,1H3,(H,26,28)/b25-14-. The molecule has 0 aliphatic carbocycles. The molecule has 9 heteroatoms. The molecular weight excluding hydrogens is 457 g/mol. The summed E-state index contributed by atoms with van der Waals surface area (Å²) in [6, 6.07) is 19.6.